The molecule has 2 fully saturated rings. The number of aryl methyl sites for hydroxylation is 2. The van der Waals surface area contributed by atoms with Crippen LogP contribution >= 0.6 is 22.9 Å². The predicted octanol–water partition coefficient (Wildman–Crippen LogP) is 3.67. The quantitative estimate of drug-likeness (QED) is 0.752. The van der Waals surface area contributed by atoms with Crippen LogP contribution in [0.5, 0.6) is 0 Å². The Morgan fingerprint density at radius 2 is 1.85 bits per heavy atom. The van der Waals surface area contributed by atoms with Crippen molar-refractivity contribution >= 4 is 40.6 Å². The van der Waals surface area contributed by atoms with Crippen molar-refractivity contribution < 1.29 is 9.59 Å². The van der Waals surface area contributed by atoms with E-state index >= 15 is 0 Å². The van der Waals surface area contributed by atoms with Crippen LogP contribution in [0.4, 0.5) is 10.5 Å². The fraction of sp³-hybridized carbons (Fsp3) is 0.368. The SMILES string of the molecule is Cc1cc(C)cc(N2C(=O)C3CN(Cc4ccc(Cl)s4)CCN3C2=O)c1. The standard InChI is InChI=1S/C19H20ClN3O2S/c1-12-7-13(2)9-14(8-12)23-18(24)16-11-21(5-6-22(16)19(23)25)10-15-3-4-17(20)26-15/h3-4,7-9,16H,5-6,10-11H2,1-2H3. The van der Waals surface area contributed by atoms with Crippen molar-refractivity contribution in [3.8, 4) is 0 Å². The first-order chi connectivity index (χ1) is 12.4. The maximum atomic E-state index is 13.0. The van der Waals surface area contributed by atoms with Crippen molar-refractivity contribution in [2.45, 2.75) is 26.4 Å². The zero-order valence-electron chi connectivity index (χ0n) is 14.7. The molecule has 136 valence electrons. The average molecular weight is 390 g/mol. The first-order valence-corrected chi connectivity index (χ1v) is 9.81. The maximum absolute atomic E-state index is 13.0. The number of nitrogens with zero attached hydrogens (tertiary/aromatic N) is 3. The average Bonchev–Trinajstić information content (AvgIpc) is 3.08. The van der Waals surface area contributed by atoms with E-state index < -0.39 is 6.04 Å². The maximum Gasteiger partial charge on any atom is 0.332 e. The molecule has 1 atom stereocenters. The van der Waals surface area contributed by atoms with Gasteiger partial charge in [-0.25, -0.2) is 9.69 Å². The number of rotatable bonds is 3. The molecule has 7 heteroatoms. The van der Waals surface area contributed by atoms with Crippen LogP contribution in [0.1, 0.15) is 16.0 Å². The molecule has 0 N–H and O–H groups in total. The second-order valence-electron chi connectivity index (χ2n) is 6.95. The van der Waals surface area contributed by atoms with E-state index in [1.807, 2.05) is 44.2 Å². The van der Waals surface area contributed by atoms with E-state index in [9.17, 15) is 9.59 Å². The molecule has 5 nitrogen and oxygen atoms in total. The lowest BCUT2D eigenvalue weighted by Crippen LogP contribution is -2.52. The summed E-state index contributed by atoms with van der Waals surface area (Å²) < 4.78 is 0.770. The lowest BCUT2D eigenvalue weighted by atomic mass is 10.1. The van der Waals surface area contributed by atoms with E-state index in [1.165, 1.54) is 9.78 Å². The van der Waals surface area contributed by atoms with Crippen LogP contribution in [-0.4, -0.2) is 47.4 Å². The van der Waals surface area contributed by atoms with E-state index in [1.54, 1.807) is 16.2 Å². The lowest BCUT2D eigenvalue weighted by molar-refractivity contribution is -0.121. The van der Waals surface area contributed by atoms with Crippen molar-refractivity contribution in [2.75, 3.05) is 24.5 Å². The number of benzene rings is 1. The molecule has 2 saturated heterocycles. The van der Waals surface area contributed by atoms with Gasteiger partial charge in [0.15, 0.2) is 0 Å². The minimum Gasteiger partial charge on any atom is -0.309 e. The summed E-state index contributed by atoms with van der Waals surface area (Å²) in [6.45, 7) is 6.58. The molecule has 2 aliphatic rings. The molecule has 0 radical (unpaired) electrons. The lowest BCUT2D eigenvalue weighted by Gasteiger charge is -2.34. The van der Waals surface area contributed by atoms with Gasteiger partial charge in [-0.1, -0.05) is 17.7 Å². The molecule has 4 rings (SSSR count). The van der Waals surface area contributed by atoms with E-state index in [4.69, 9.17) is 11.6 Å². The summed E-state index contributed by atoms with van der Waals surface area (Å²) in [5, 5.41) is 0. The van der Waals surface area contributed by atoms with Gasteiger partial charge in [-0.3, -0.25) is 9.69 Å². The monoisotopic (exact) mass is 389 g/mol. The zero-order valence-corrected chi connectivity index (χ0v) is 16.3. The molecule has 3 amide bonds. The molecule has 0 saturated carbocycles. The number of carbonyl (C=O) groups excluding carboxylic acids is 2. The number of hydrogen-bond acceptors (Lipinski definition) is 4. The minimum absolute atomic E-state index is 0.131. The summed E-state index contributed by atoms with van der Waals surface area (Å²) >= 11 is 7.56. The number of imide groups is 1. The Hall–Kier alpha value is -1.89. The van der Waals surface area contributed by atoms with Gasteiger partial charge in [0.2, 0.25) is 0 Å². The number of anilines is 1. The minimum atomic E-state index is -0.410. The number of fused-ring (bicyclic) bond motifs is 1. The first kappa shape index (κ1) is 17.5. The predicted molar refractivity (Wildman–Crippen MR) is 104 cm³/mol. The summed E-state index contributed by atoms with van der Waals surface area (Å²) in [5.41, 5.74) is 2.76. The Bertz CT molecular complexity index is 861. The fourth-order valence-electron chi connectivity index (χ4n) is 3.77. The van der Waals surface area contributed by atoms with Gasteiger partial charge in [0, 0.05) is 31.1 Å². The summed E-state index contributed by atoms with van der Waals surface area (Å²) in [7, 11) is 0. The van der Waals surface area contributed by atoms with Crippen molar-refractivity contribution in [1.29, 1.82) is 0 Å². The van der Waals surface area contributed by atoms with Gasteiger partial charge in [0.1, 0.15) is 6.04 Å². The molecule has 2 aliphatic heterocycles. The highest BCUT2D eigenvalue weighted by atomic mass is 35.5. The number of urea groups is 1. The highest BCUT2D eigenvalue weighted by Gasteiger charge is 2.48. The second-order valence-corrected chi connectivity index (χ2v) is 8.75. The van der Waals surface area contributed by atoms with Crippen LogP contribution < -0.4 is 4.90 Å². The molecular weight excluding hydrogens is 370 g/mol. The van der Waals surface area contributed by atoms with Gasteiger partial charge in [0.25, 0.3) is 5.91 Å². The summed E-state index contributed by atoms with van der Waals surface area (Å²) in [5.74, 6) is -0.131. The molecule has 0 spiro atoms. The van der Waals surface area contributed by atoms with Crippen LogP contribution in [0.25, 0.3) is 0 Å². The zero-order chi connectivity index (χ0) is 18.4. The second kappa shape index (κ2) is 6.68. The molecule has 1 aromatic heterocycles. The van der Waals surface area contributed by atoms with Gasteiger partial charge in [-0.2, -0.15) is 0 Å². The highest BCUT2D eigenvalue weighted by Crippen LogP contribution is 2.30. The van der Waals surface area contributed by atoms with Crippen molar-refractivity contribution in [1.82, 2.24) is 9.80 Å². The largest absolute Gasteiger partial charge is 0.332 e. The number of piperazine rings is 1. The Labute approximate surface area is 161 Å². The van der Waals surface area contributed by atoms with Gasteiger partial charge in [-0.15, -0.1) is 11.3 Å². The molecular formula is C19H20ClN3O2S. The number of thiophene rings is 1. The van der Waals surface area contributed by atoms with Crippen molar-refractivity contribution in [2.24, 2.45) is 0 Å². The van der Waals surface area contributed by atoms with Gasteiger partial charge in [-0.05, 0) is 49.2 Å². The number of halogens is 1. The van der Waals surface area contributed by atoms with Crippen LogP contribution in [0.15, 0.2) is 30.3 Å². The Balaban J connectivity index is 1.54. The fourth-order valence-corrected chi connectivity index (χ4v) is 4.90. The van der Waals surface area contributed by atoms with E-state index in [2.05, 4.69) is 4.90 Å². The van der Waals surface area contributed by atoms with Gasteiger partial charge < -0.3 is 4.90 Å². The van der Waals surface area contributed by atoms with Crippen LogP contribution in [-0.2, 0) is 11.3 Å². The summed E-state index contributed by atoms with van der Waals surface area (Å²) in [6.07, 6.45) is 0. The van der Waals surface area contributed by atoms with E-state index in [0.717, 1.165) is 28.6 Å². The molecule has 0 bridgehead atoms. The Morgan fingerprint density at radius 3 is 2.50 bits per heavy atom. The van der Waals surface area contributed by atoms with E-state index in [-0.39, 0.29) is 11.9 Å². The third-order valence-corrected chi connectivity index (χ3v) is 6.10. The van der Waals surface area contributed by atoms with Crippen LogP contribution in [0.3, 0.4) is 0 Å². The molecule has 1 aromatic carbocycles. The number of amides is 3. The number of hydrogen-bond donors (Lipinski definition) is 0. The third kappa shape index (κ3) is 3.13. The topological polar surface area (TPSA) is 43.9 Å². The van der Waals surface area contributed by atoms with Crippen LogP contribution in [0, 0.1) is 13.8 Å². The summed E-state index contributed by atoms with van der Waals surface area (Å²) in [6, 6.07) is 9.12. The highest BCUT2D eigenvalue weighted by molar-refractivity contribution is 7.16. The molecule has 2 aromatic rings. The third-order valence-electron chi connectivity index (χ3n) is 4.88. The summed E-state index contributed by atoms with van der Waals surface area (Å²) in [4.78, 5) is 32.3. The van der Waals surface area contributed by atoms with Crippen molar-refractivity contribution in [3.63, 3.8) is 0 Å². The molecule has 26 heavy (non-hydrogen) atoms. The smallest absolute Gasteiger partial charge is 0.309 e. The van der Waals surface area contributed by atoms with Crippen LogP contribution in [0.2, 0.25) is 4.34 Å². The first-order valence-electron chi connectivity index (χ1n) is 8.62. The Kier molecular flexibility index (Phi) is 4.50. The molecule has 1 unspecified atom stereocenters. The van der Waals surface area contributed by atoms with E-state index in [0.29, 0.717) is 18.8 Å². The van der Waals surface area contributed by atoms with Gasteiger partial charge in [0.05, 0.1) is 10.0 Å². The van der Waals surface area contributed by atoms with Gasteiger partial charge >= 0.3 is 6.03 Å². The van der Waals surface area contributed by atoms with Crippen molar-refractivity contribution in [3.05, 3.63) is 50.7 Å². The molecule has 3 heterocycles. The Morgan fingerprint density at radius 1 is 1.12 bits per heavy atom. The number of carbonyl (C=O) groups is 2. The molecule has 0 aliphatic carbocycles. The normalized spacial score (nSPS) is 20.8.